The monoisotopic (exact) mass is 618 g/mol. The highest BCUT2D eigenvalue weighted by atomic mass is 19.1. The second-order valence-corrected chi connectivity index (χ2v) is 10.6. The normalized spacial score (nSPS) is 16.6. The van der Waals surface area contributed by atoms with E-state index in [1.54, 1.807) is 35.2 Å². The van der Waals surface area contributed by atoms with Gasteiger partial charge < -0.3 is 9.47 Å². The number of ether oxygens (including phenoxy) is 2. The third kappa shape index (κ3) is 7.23. The number of para-hydroxylation sites is 1. The minimum atomic E-state index is -0.609. The number of carbonyl (C=O) groups excluding carboxylic acids is 2. The first-order valence-electron chi connectivity index (χ1n) is 14.4. The number of carbonyl (C=O) groups is 2. The second-order valence-electron chi connectivity index (χ2n) is 10.6. The van der Waals surface area contributed by atoms with Crippen molar-refractivity contribution in [3.8, 4) is 22.8 Å². The molecule has 4 aromatic rings. The molecule has 1 aromatic carbocycles. The molecule has 2 atom stereocenters. The fourth-order valence-electron chi connectivity index (χ4n) is 5.48. The Balaban J connectivity index is 1.46. The Kier molecular flexibility index (Phi) is 10.2. The lowest BCUT2D eigenvalue weighted by Crippen LogP contribution is -2.24. The topological polar surface area (TPSA) is 130 Å². The van der Waals surface area contributed by atoms with E-state index in [0.717, 1.165) is 11.3 Å². The van der Waals surface area contributed by atoms with Crippen LogP contribution in [0, 0.1) is 18.8 Å². The van der Waals surface area contributed by atoms with Crippen LogP contribution in [0.2, 0.25) is 0 Å². The van der Waals surface area contributed by atoms with Crippen LogP contribution >= 0.6 is 0 Å². The summed E-state index contributed by atoms with van der Waals surface area (Å²) in [6.45, 7) is 3.33. The van der Waals surface area contributed by atoms with Gasteiger partial charge in [-0.05, 0) is 48.4 Å². The van der Waals surface area contributed by atoms with E-state index < -0.39 is 18.0 Å². The molecular formula is C32H35FN6O6. The van der Waals surface area contributed by atoms with Crippen molar-refractivity contribution in [2.45, 2.75) is 25.9 Å². The van der Waals surface area contributed by atoms with Crippen molar-refractivity contribution in [3.05, 3.63) is 89.3 Å². The lowest BCUT2D eigenvalue weighted by atomic mass is 9.91. The van der Waals surface area contributed by atoms with Crippen molar-refractivity contribution in [1.29, 1.82) is 0 Å². The summed E-state index contributed by atoms with van der Waals surface area (Å²) in [5.74, 6) is -1.26. The van der Waals surface area contributed by atoms with Gasteiger partial charge in [0, 0.05) is 56.9 Å². The lowest BCUT2D eigenvalue weighted by molar-refractivity contribution is -0.155. The minimum Gasteiger partial charge on any atom is -0.480 e. The highest BCUT2D eigenvalue weighted by Crippen LogP contribution is 2.37. The molecule has 5 rings (SSSR count). The van der Waals surface area contributed by atoms with E-state index in [-0.39, 0.29) is 36.0 Å². The number of rotatable bonds is 13. The van der Waals surface area contributed by atoms with Gasteiger partial charge in [-0.1, -0.05) is 18.2 Å². The summed E-state index contributed by atoms with van der Waals surface area (Å²) in [4.78, 5) is 45.4. The van der Waals surface area contributed by atoms with E-state index >= 15 is 0 Å². The standard InChI is InChI=1S/C32H35FN6O6/c1-20-27(17-25(40)14-23-19-38(12-13-42-2)45-30(23)21-10-11-34-28(33)16-21)39(24-8-6-5-7-9-24)36-29(20)22-15-26(31(41)37-44-4)32(43-3)35-18-22/h5-11,15-16,18,23,30H,12-14,17,19H2,1-4H3,(H,37,41)/t23-,30+/m1/s1. The summed E-state index contributed by atoms with van der Waals surface area (Å²) in [6, 6.07) is 14.2. The van der Waals surface area contributed by atoms with Gasteiger partial charge in [0.25, 0.3) is 5.91 Å². The number of amides is 1. The quantitative estimate of drug-likeness (QED) is 0.174. The minimum absolute atomic E-state index is 0.0310. The zero-order chi connectivity index (χ0) is 31.9. The Morgan fingerprint density at radius 3 is 2.62 bits per heavy atom. The number of hydrogen-bond acceptors (Lipinski definition) is 10. The number of Topliss-reactive ketones (excluding diaryl/α,β-unsaturated/α-hetero) is 1. The maximum Gasteiger partial charge on any atom is 0.280 e. The van der Waals surface area contributed by atoms with Gasteiger partial charge in [-0.3, -0.25) is 19.3 Å². The molecule has 0 saturated carbocycles. The van der Waals surface area contributed by atoms with Crippen LogP contribution in [-0.4, -0.2) is 77.5 Å². The molecule has 1 saturated heterocycles. The number of benzene rings is 1. The van der Waals surface area contributed by atoms with Crippen LogP contribution in [-0.2, 0) is 25.6 Å². The molecular weight excluding hydrogens is 583 g/mol. The zero-order valence-electron chi connectivity index (χ0n) is 25.5. The predicted molar refractivity (Wildman–Crippen MR) is 161 cm³/mol. The molecule has 13 heteroatoms. The van der Waals surface area contributed by atoms with Gasteiger partial charge in [-0.25, -0.2) is 20.1 Å². The number of nitrogens with zero attached hydrogens (tertiary/aromatic N) is 5. The number of halogens is 1. The van der Waals surface area contributed by atoms with Gasteiger partial charge in [-0.2, -0.15) is 14.6 Å². The molecule has 0 radical (unpaired) electrons. The fraction of sp³-hybridized carbons (Fsp3) is 0.344. The van der Waals surface area contributed by atoms with Gasteiger partial charge in [-0.15, -0.1) is 0 Å². The molecule has 45 heavy (non-hydrogen) atoms. The highest BCUT2D eigenvalue weighted by molar-refractivity contribution is 5.97. The average molecular weight is 619 g/mol. The van der Waals surface area contributed by atoms with Crippen molar-refractivity contribution in [2.24, 2.45) is 5.92 Å². The third-order valence-corrected chi connectivity index (χ3v) is 7.61. The fourth-order valence-corrected chi connectivity index (χ4v) is 5.48. The number of hydroxylamine groups is 3. The lowest BCUT2D eigenvalue weighted by Gasteiger charge is -2.17. The molecule has 1 aliphatic heterocycles. The number of pyridine rings is 2. The molecule has 1 N–H and O–H groups in total. The summed E-state index contributed by atoms with van der Waals surface area (Å²) in [5, 5.41) is 6.64. The summed E-state index contributed by atoms with van der Waals surface area (Å²) in [5.41, 5.74) is 6.43. The van der Waals surface area contributed by atoms with Crippen molar-refractivity contribution in [2.75, 3.05) is 41.0 Å². The van der Waals surface area contributed by atoms with E-state index in [9.17, 15) is 14.0 Å². The Bertz CT molecular complexity index is 1650. The van der Waals surface area contributed by atoms with Crippen LogP contribution < -0.4 is 10.2 Å². The average Bonchev–Trinajstić information content (AvgIpc) is 3.60. The van der Waals surface area contributed by atoms with E-state index in [0.29, 0.717) is 42.2 Å². The largest absolute Gasteiger partial charge is 0.480 e. The Labute approximate surface area is 260 Å². The van der Waals surface area contributed by atoms with E-state index in [1.807, 2.05) is 37.3 Å². The number of nitrogens with one attached hydrogen (secondary N) is 1. The Morgan fingerprint density at radius 2 is 1.91 bits per heavy atom. The number of aromatic nitrogens is 4. The maximum absolute atomic E-state index is 14.0. The molecule has 0 bridgehead atoms. The van der Waals surface area contributed by atoms with Crippen molar-refractivity contribution < 1.29 is 33.1 Å². The zero-order valence-corrected chi connectivity index (χ0v) is 25.5. The molecule has 12 nitrogen and oxygen atoms in total. The first-order valence-corrected chi connectivity index (χ1v) is 14.4. The second kappa shape index (κ2) is 14.5. The predicted octanol–water partition coefficient (Wildman–Crippen LogP) is 3.83. The van der Waals surface area contributed by atoms with Gasteiger partial charge in [0.2, 0.25) is 11.8 Å². The van der Waals surface area contributed by atoms with Gasteiger partial charge in [0.05, 0.1) is 37.9 Å². The van der Waals surface area contributed by atoms with E-state index in [4.69, 9.17) is 24.2 Å². The molecule has 0 unspecified atom stereocenters. The molecule has 1 aliphatic rings. The Hall–Kier alpha value is -4.56. The molecule has 0 aliphatic carbocycles. The van der Waals surface area contributed by atoms with Crippen molar-refractivity contribution >= 4 is 11.7 Å². The van der Waals surface area contributed by atoms with E-state index in [1.165, 1.54) is 26.5 Å². The summed E-state index contributed by atoms with van der Waals surface area (Å²) >= 11 is 0. The number of methoxy groups -OCH3 is 2. The highest BCUT2D eigenvalue weighted by Gasteiger charge is 2.37. The van der Waals surface area contributed by atoms with Crippen LogP contribution in [0.1, 0.15) is 39.7 Å². The molecule has 0 spiro atoms. The molecule has 1 fully saturated rings. The first kappa shape index (κ1) is 31.9. The molecule has 236 valence electrons. The number of ketones is 1. The van der Waals surface area contributed by atoms with Gasteiger partial charge >= 0.3 is 0 Å². The number of hydrogen-bond donors (Lipinski definition) is 1. The van der Waals surface area contributed by atoms with Crippen LogP contribution in [0.25, 0.3) is 16.9 Å². The van der Waals surface area contributed by atoms with Crippen LogP contribution in [0.15, 0.2) is 60.9 Å². The van der Waals surface area contributed by atoms with Crippen molar-refractivity contribution in [1.82, 2.24) is 30.3 Å². The summed E-state index contributed by atoms with van der Waals surface area (Å²) in [7, 11) is 4.37. The third-order valence-electron chi connectivity index (χ3n) is 7.61. The van der Waals surface area contributed by atoms with Gasteiger partial charge in [0.1, 0.15) is 17.5 Å². The summed E-state index contributed by atoms with van der Waals surface area (Å²) < 4.78 is 26.3. The molecule has 3 aromatic heterocycles. The van der Waals surface area contributed by atoms with Crippen LogP contribution in [0.4, 0.5) is 4.39 Å². The molecule has 4 heterocycles. The molecule has 1 amide bonds. The Morgan fingerprint density at radius 1 is 1.11 bits per heavy atom. The SMILES string of the molecule is COCCN1C[C@@H](CC(=O)Cc2c(C)c(-c3cnc(OC)c(C(=O)NOC)c3)nn2-c2ccccc2)[C@H](c2ccnc(F)c2)O1. The smallest absolute Gasteiger partial charge is 0.280 e. The maximum atomic E-state index is 14.0. The van der Waals surface area contributed by atoms with Crippen LogP contribution in [0.3, 0.4) is 0 Å². The van der Waals surface area contributed by atoms with Crippen molar-refractivity contribution in [3.63, 3.8) is 0 Å². The van der Waals surface area contributed by atoms with Crippen LogP contribution in [0.5, 0.6) is 5.88 Å². The summed E-state index contributed by atoms with van der Waals surface area (Å²) in [6.07, 6.45) is 2.73. The van der Waals surface area contributed by atoms with E-state index in [2.05, 4.69) is 15.4 Å². The van der Waals surface area contributed by atoms with Gasteiger partial charge in [0.15, 0.2) is 0 Å². The first-order chi connectivity index (χ1) is 21.8.